The van der Waals surface area contributed by atoms with Gasteiger partial charge in [0.25, 0.3) is 10.2 Å². The number of hydrogen-bond donors (Lipinski definition) is 0. The molecule has 2 fully saturated rings. The number of aromatic nitrogens is 1. The lowest BCUT2D eigenvalue weighted by molar-refractivity contribution is 0.245. The predicted octanol–water partition coefficient (Wildman–Crippen LogP) is 2.80. The molecule has 0 bridgehead atoms. The lowest BCUT2D eigenvalue weighted by Gasteiger charge is -2.35. The second kappa shape index (κ2) is 6.38. The van der Waals surface area contributed by atoms with E-state index in [2.05, 4.69) is 17.0 Å². The molecule has 0 aromatic carbocycles. The van der Waals surface area contributed by atoms with Crippen LogP contribution in [-0.4, -0.2) is 41.2 Å². The number of furan rings is 1. The molecule has 4 heterocycles. The summed E-state index contributed by atoms with van der Waals surface area (Å²) in [7, 11) is -3.43. The number of nitrogens with zero attached hydrogens (tertiary/aromatic N) is 3. The average Bonchev–Trinajstić information content (AvgIpc) is 3.36. The van der Waals surface area contributed by atoms with Gasteiger partial charge in [0.2, 0.25) is 0 Å². The van der Waals surface area contributed by atoms with Gasteiger partial charge in [-0.25, -0.2) is 0 Å². The van der Waals surface area contributed by atoms with E-state index in [0.29, 0.717) is 25.7 Å². The number of rotatable bonds is 4. The minimum Gasteiger partial charge on any atom is -0.468 e. The van der Waals surface area contributed by atoms with Crippen LogP contribution < -0.4 is 0 Å². The van der Waals surface area contributed by atoms with E-state index < -0.39 is 10.2 Å². The maximum atomic E-state index is 13.1. The highest BCUT2D eigenvalue weighted by Gasteiger charge is 2.41. The standard InChI is InChI=1S/C17H23N3O3S/c21-24(22,20-11-3-5-16(20)17-6-4-14-23-17)19-12-7-15(8-13-19)18-9-1-2-10-18/h1-2,4,6,9-10,14-16H,3,5,7-8,11-13H2/t16-/m0/s1. The van der Waals surface area contributed by atoms with Crippen LogP contribution in [0.5, 0.6) is 0 Å². The molecule has 0 spiro atoms. The largest absolute Gasteiger partial charge is 0.468 e. The molecule has 6 nitrogen and oxygen atoms in total. The Morgan fingerprint density at radius 1 is 1.00 bits per heavy atom. The summed E-state index contributed by atoms with van der Waals surface area (Å²) in [5.41, 5.74) is 0. The summed E-state index contributed by atoms with van der Waals surface area (Å²) >= 11 is 0. The first-order valence-corrected chi connectivity index (χ1v) is 9.99. The fraction of sp³-hybridized carbons (Fsp3) is 0.529. The smallest absolute Gasteiger partial charge is 0.282 e. The van der Waals surface area contributed by atoms with Crippen molar-refractivity contribution in [1.29, 1.82) is 0 Å². The molecule has 1 atom stereocenters. The van der Waals surface area contributed by atoms with Crippen LogP contribution in [0.4, 0.5) is 0 Å². The summed E-state index contributed by atoms with van der Waals surface area (Å²) in [5, 5.41) is 0. The molecule has 0 amide bonds. The van der Waals surface area contributed by atoms with E-state index in [-0.39, 0.29) is 6.04 Å². The van der Waals surface area contributed by atoms with E-state index in [1.54, 1.807) is 14.9 Å². The van der Waals surface area contributed by atoms with Crippen molar-refractivity contribution in [2.24, 2.45) is 0 Å². The van der Waals surface area contributed by atoms with E-state index in [4.69, 9.17) is 4.42 Å². The van der Waals surface area contributed by atoms with Crippen molar-refractivity contribution in [2.45, 2.75) is 37.8 Å². The van der Waals surface area contributed by atoms with Gasteiger partial charge in [-0.2, -0.15) is 17.0 Å². The van der Waals surface area contributed by atoms with Crippen molar-refractivity contribution in [3.05, 3.63) is 48.7 Å². The van der Waals surface area contributed by atoms with E-state index >= 15 is 0 Å². The number of hydrogen-bond acceptors (Lipinski definition) is 3. The molecular weight excluding hydrogens is 326 g/mol. The second-order valence-corrected chi connectivity index (χ2v) is 8.43. The topological polar surface area (TPSA) is 58.7 Å². The quantitative estimate of drug-likeness (QED) is 0.853. The summed E-state index contributed by atoms with van der Waals surface area (Å²) in [4.78, 5) is 0. The van der Waals surface area contributed by atoms with Crippen LogP contribution in [0.25, 0.3) is 0 Å². The van der Waals surface area contributed by atoms with Crippen LogP contribution in [0.3, 0.4) is 0 Å². The van der Waals surface area contributed by atoms with Crippen LogP contribution in [0, 0.1) is 0 Å². The molecule has 4 rings (SSSR count). The van der Waals surface area contributed by atoms with Gasteiger partial charge in [0.1, 0.15) is 5.76 Å². The molecule has 2 aliphatic rings. The average molecular weight is 349 g/mol. The molecule has 0 aliphatic carbocycles. The highest BCUT2D eigenvalue weighted by Crippen LogP contribution is 2.36. The Kier molecular flexibility index (Phi) is 4.24. The van der Waals surface area contributed by atoms with Gasteiger partial charge in [0.15, 0.2) is 0 Å². The van der Waals surface area contributed by atoms with Crippen LogP contribution in [0.1, 0.15) is 43.5 Å². The van der Waals surface area contributed by atoms with Gasteiger partial charge in [-0.05, 0) is 49.9 Å². The van der Waals surface area contributed by atoms with Crippen molar-refractivity contribution < 1.29 is 12.8 Å². The Hall–Kier alpha value is -1.57. The lowest BCUT2D eigenvalue weighted by atomic mass is 10.1. The Labute approximate surface area is 142 Å². The zero-order valence-corrected chi connectivity index (χ0v) is 14.4. The van der Waals surface area contributed by atoms with Crippen molar-refractivity contribution in [3.8, 4) is 0 Å². The molecule has 0 saturated carbocycles. The summed E-state index contributed by atoms with van der Waals surface area (Å²) in [6.07, 6.45) is 9.14. The first kappa shape index (κ1) is 15.9. The van der Waals surface area contributed by atoms with E-state index in [1.165, 1.54) is 0 Å². The Balaban J connectivity index is 1.47. The molecule has 0 radical (unpaired) electrons. The third-order valence-electron chi connectivity index (χ3n) is 5.17. The van der Waals surface area contributed by atoms with Crippen molar-refractivity contribution in [1.82, 2.24) is 13.2 Å². The van der Waals surface area contributed by atoms with Crippen LogP contribution in [0.15, 0.2) is 47.3 Å². The van der Waals surface area contributed by atoms with Crippen LogP contribution in [0.2, 0.25) is 0 Å². The van der Waals surface area contributed by atoms with Gasteiger partial charge >= 0.3 is 0 Å². The van der Waals surface area contributed by atoms with Gasteiger partial charge in [-0.1, -0.05) is 0 Å². The van der Waals surface area contributed by atoms with Crippen LogP contribution in [-0.2, 0) is 10.2 Å². The Morgan fingerprint density at radius 2 is 1.75 bits per heavy atom. The lowest BCUT2D eigenvalue weighted by Crippen LogP contribution is -2.47. The first-order valence-electron chi connectivity index (χ1n) is 8.59. The zero-order valence-electron chi connectivity index (χ0n) is 13.6. The second-order valence-electron chi connectivity index (χ2n) is 6.55. The third kappa shape index (κ3) is 2.81. The van der Waals surface area contributed by atoms with E-state index in [0.717, 1.165) is 31.4 Å². The normalized spacial score (nSPS) is 24.6. The Morgan fingerprint density at radius 3 is 2.42 bits per heavy atom. The van der Waals surface area contributed by atoms with Crippen molar-refractivity contribution in [3.63, 3.8) is 0 Å². The third-order valence-corrected chi connectivity index (χ3v) is 7.22. The predicted molar refractivity (Wildman–Crippen MR) is 90.6 cm³/mol. The zero-order chi connectivity index (χ0) is 16.6. The van der Waals surface area contributed by atoms with Gasteiger partial charge in [0.05, 0.1) is 12.3 Å². The molecule has 2 aliphatic heterocycles. The van der Waals surface area contributed by atoms with Gasteiger partial charge in [0, 0.05) is 38.1 Å². The molecule has 2 saturated heterocycles. The van der Waals surface area contributed by atoms with E-state index in [1.807, 2.05) is 24.3 Å². The van der Waals surface area contributed by atoms with Gasteiger partial charge in [-0.3, -0.25) is 0 Å². The summed E-state index contributed by atoms with van der Waals surface area (Å²) in [5.74, 6) is 0.748. The summed E-state index contributed by atoms with van der Waals surface area (Å²) in [6, 6.07) is 7.96. The minimum atomic E-state index is -3.43. The van der Waals surface area contributed by atoms with Crippen molar-refractivity contribution >= 4 is 10.2 Å². The fourth-order valence-electron chi connectivity index (χ4n) is 3.89. The van der Waals surface area contributed by atoms with Gasteiger partial charge < -0.3 is 8.98 Å². The molecular formula is C17H23N3O3S. The van der Waals surface area contributed by atoms with Crippen molar-refractivity contribution in [2.75, 3.05) is 19.6 Å². The van der Waals surface area contributed by atoms with Gasteiger partial charge in [-0.15, -0.1) is 0 Å². The summed E-state index contributed by atoms with van der Waals surface area (Å²) < 4.78 is 37.1. The molecule has 0 unspecified atom stereocenters. The van der Waals surface area contributed by atoms with E-state index in [9.17, 15) is 8.42 Å². The molecule has 2 aromatic rings. The maximum Gasteiger partial charge on any atom is 0.282 e. The molecule has 24 heavy (non-hydrogen) atoms. The van der Waals surface area contributed by atoms with Crippen LogP contribution >= 0.6 is 0 Å². The highest BCUT2D eigenvalue weighted by molar-refractivity contribution is 7.86. The molecule has 0 N–H and O–H groups in total. The fourth-order valence-corrected chi connectivity index (χ4v) is 5.75. The molecule has 2 aromatic heterocycles. The maximum absolute atomic E-state index is 13.1. The SMILES string of the molecule is O=S(=O)(N1CCC(n2cccc2)CC1)N1CCC[C@H]1c1ccco1. The Bertz CT molecular complexity index is 747. The monoisotopic (exact) mass is 349 g/mol. The minimum absolute atomic E-state index is 0.160. The highest BCUT2D eigenvalue weighted by atomic mass is 32.2. The first-order chi connectivity index (χ1) is 11.7. The summed E-state index contributed by atoms with van der Waals surface area (Å²) in [6.45, 7) is 1.73. The molecule has 7 heteroatoms. The number of piperidine rings is 1. The molecule has 130 valence electrons.